The molecule has 0 aliphatic heterocycles. The largest absolute Gasteiger partial charge is 0.0654 e. The first-order chi connectivity index (χ1) is 6.52. The van der Waals surface area contributed by atoms with Crippen molar-refractivity contribution in [3.63, 3.8) is 0 Å². The molecular weight excluding hydrogens is 168 g/mol. The van der Waals surface area contributed by atoms with Crippen LogP contribution in [-0.4, -0.2) is 0 Å². The van der Waals surface area contributed by atoms with Gasteiger partial charge >= 0.3 is 0 Å². The van der Waals surface area contributed by atoms with Crippen molar-refractivity contribution >= 4 is 0 Å². The zero-order valence-electron chi connectivity index (χ0n) is 10.7. The molecule has 0 nitrogen and oxygen atoms in total. The maximum absolute atomic E-state index is 2.52. The molecule has 0 aromatic heterocycles. The van der Waals surface area contributed by atoms with E-state index in [0.717, 1.165) is 0 Å². The number of unbranched alkanes of at least 4 members (excludes halogenated alkanes) is 2. The second kappa shape index (κ2) is 4.68. The predicted octanol–water partition coefficient (Wildman–Crippen LogP) is 5.17. The predicted molar refractivity (Wildman–Crippen MR) is 64.5 cm³/mol. The zero-order valence-corrected chi connectivity index (χ0v) is 10.7. The van der Waals surface area contributed by atoms with E-state index in [2.05, 4.69) is 27.7 Å². The monoisotopic (exact) mass is 196 g/mol. The van der Waals surface area contributed by atoms with Crippen molar-refractivity contribution in [1.82, 2.24) is 0 Å². The molecule has 0 spiro atoms. The van der Waals surface area contributed by atoms with Gasteiger partial charge < -0.3 is 0 Å². The van der Waals surface area contributed by atoms with E-state index in [1.165, 1.54) is 51.4 Å². The van der Waals surface area contributed by atoms with E-state index in [9.17, 15) is 0 Å². The lowest BCUT2D eigenvalue weighted by atomic mass is 9.63. The molecule has 1 saturated carbocycles. The fourth-order valence-electron chi connectivity index (χ4n) is 2.95. The molecule has 1 rings (SSSR count). The van der Waals surface area contributed by atoms with Crippen LogP contribution in [0.15, 0.2) is 0 Å². The molecule has 0 aromatic carbocycles. The van der Waals surface area contributed by atoms with Gasteiger partial charge in [0, 0.05) is 0 Å². The third-order valence-electron chi connectivity index (χ3n) is 4.75. The molecule has 1 aliphatic carbocycles. The van der Waals surface area contributed by atoms with Gasteiger partial charge in [-0.2, -0.15) is 0 Å². The van der Waals surface area contributed by atoms with Crippen molar-refractivity contribution in [3.8, 4) is 0 Å². The third-order valence-corrected chi connectivity index (χ3v) is 4.75. The molecule has 0 heteroatoms. The summed E-state index contributed by atoms with van der Waals surface area (Å²) in [5.74, 6) is 0. The summed E-state index contributed by atoms with van der Waals surface area (Å²) in [6.07, 6.45) is 11.5. The standard InChI is InChI=1S/C14H28/c1-5-6-7-10-13(2,3)14(4)11-8-9-12-14/h5-12H2,1-4H3. The summed E-state index contributed by atoms with van der Waals surface area (Å²) in [6, 6.07) is 0. The van der Waals surface area contributed by atoms with E-state index >= 15 is 0 Å². The Morgan fingerprint density at radius 3 is 2.14 bits per heavy atom. The molecule has 0 aromatic rings. The fourth-order valence-corrected chi connectivity index (χ4v) is 2.95. The van der Waals surface area contributed by atoms with Gasteiger partial charge in [0.2, 0.25) is 0 Å². The molecule has 0 radical (unpaired) electrons. The minimum Gasteiger partial charge on any atom is -0.0654 e. The Kier molecular flexibility index (Phi) is 4.04. The topological polar surface area (TPSA) is 0 Å². The minimum atomic E-state index is 0.568. The first kappa shape index (κ1) is 12.1. The number of hydrogen-bond donors (Lipinski definition) is 0. The van der Waals surface area contributed by atoms with Gasteiger partial charge in [0.1, 0.15) is 0 Å². The van der Waals surface area contributed by atoms with Gasteiger partial charge in [-0.15, -0.1) is 0 Å². The molecule has 0 unspecified atom stereocenters. The first-order valence-electron chi connectivity index (χ1n) is 6.52. The average Bonchev–Trinajstić information content (AvgIpc) is 2.54. The summed E-state index contributed by atoms with van der Waals surface area (Å²) < 4.78 is 0. The Balaban J connectivity index is 2.45. The summed E-state index contributed by atoms with van der Waals surface area (Å²) in [6.45, 7) is 9.80. The Hall–Kier alpha value is 0. The van der Waals surface area contributed by atoms with Crippen molar-refractivity contribution < 1.29 is 0 Å². The van der Waals surface area contributed by atoms with Crippen LogP contribution in [0.1, 0.15) is 79.1 Å². The van der Waals surface area contributed by atoms with Gasteiger partial charge in [-0.05, 0) is 30.1 Å². The maximum atomic E-state index is 2.52. The van der Waals surface area contributed by atoms with Crippen molar-refractivity contribution in [2.24, 2.45) is 10.8 Å². The molecule has 0 saturated heterocycles. The summed E-state index contributed by atoms with van der Waals surface area (Å²) in [5.41, 5.74) is 1.21. The van der Waals surface area contributed by atoms with Crippen LogP contribution < -0.4 is 0 Å². The molecular formula is C14H28. The first-order valence-corrected chi connectivity index (χ1v) is 6.52. The highest BCUT2D eigenvalue weighted by molar-refractivity contribution is 4.92. The molecule has 0 atom stereocenters. The van der Waals surface area contributed by atoms with E-state index in [1.54, 1.807) is 0 Å². The van der Waals surface area contributed by atoms with Crippen LogP contribution in [-0.2, 0) is 0 Å². The molecule has 1 aliphatic rings. The Bertz CT molecular complexity index is 161. The smallest absolute Gasteiger partial charge is 0.0275 e. The maximum Gasteiger partial charge on any atom is -0.0275 e. The molecule has 1 fully saturated rings. The average molecular weight is 196 g/mol. The van der Waals surface area contributed by atoms with E-state index in [-0.39, 0.29) is 0 Å². The Morgan fingerprint density at radius 1 is 1.07 bits per heavy atom. The summed E-state index contributed by atoms with van der Waals surface area (Å²) in [4.78, 5) is 0. The van der Waals surface area contributed by atoms with E-state index in [0.29, 0.717) is 10.8 Å². The van der Waals surface area contributed by atoms with Gasteiger partial charge in [0.15, 0.2) is 0 Å². The lowest BCUT2D eigenvalue weighted by molar-refractivity contribution is 0.0821. The summed E-state index contributed by atoms with van der Waals surface area (Å²) in [5, 5.41) is 0. The molecule has 0 amide bonds. The summed E-state index contributed by atoms with van der Waals surface area (Å²) in [7, 11) is 0. The normalized spacial score (nSPS) is 21.4. The van der Waals surface area contributed by atoms with Crippen molar-refractivity contribution in [2.75, 3.05) is 0 Å². The second-order valence-electron chi connectivity index (χ2n) is 6.11. The molecule has 14 heavy (non-hydrogen) atoms. The highest BCUT2D eigenvalue weighted by Crippen LogP contribution is 2.53. The fraction of sp³-hybridized carbons (Fsp3) is 1.00. The van der Waals surface area contributed by atoms with Gasteiger partial charge in [-0.1, -0.05) is 59.8 Å². The van der Waals surface area contributed by atoms with Gasteiger partial charge in [0.25, 0.3) is 0 Å². The highest BCUT2D eigenvalue weighted by atomic mass is 14.5. The quantitative estimate of drug-likeness (QED) is 0.532. The van der Waals surface area contributed by atoms with E-state index in [4.69, 9.17) is 0 Å². The molecule has 0 heterocycles. The number of hydrogen-bond acceptors (Lipinski definition) is 0. The lowest BCUT2D eigenvalue weighted by Crippen LogP contribution is -2.32. The van der Waals surface area contributed by atoms with Gasteiger partial charge in [-0.3, -0.25) is 0 Å². The highest BCUT2D eigenvalue weighted by Gasteiger charge is 2.41. The van der Waals surface area contributed by atoms with Crippen molar-refractivity contribution in [2.45, 2.75) is 79.1 Å². The third kappa shape index (κ3) is 2.52. The van der Waals surface area contributed by atoms with Crippen LogP contribution in [0.2, 0.25) is 0 Å². The van der Waals surface area contributed by atoms with Crippen LogP contribution in [0.3, 0.4) is 0 Å². The Morgan fingerprint density at radius 2 is 1.64 bits per heavy atom. The molecule has 0 bridgehead atoms. The van der Waals surface area contributed by atoms with Crippen LogP contribution >= 0.6 is 0 Å². The van der Waals surface area contributed by atoms with Crippen molar-refractivity contribution in [1.29, 1.82) is 0 Å². The molecule has 84 valence electrons. The number of rotatable bonds is 5. The van der Waals surface area contributed by atoms with Crippen LogP contribution in [0.4, 0.5) is 0 Å². The molecule has 0 N–H and O–H groups in total. The lowest BCUT2D eigenvalue weighted by Gasteiger charge is -2.42. The zero-order chi connectivity index (χ0) is 10.7. The minimum absolute atomic E-state index is 0.568. The van der Waals surface area contributed by atoms with E-state index < -0.39 is 0 Å². The van der Waals surface area contributed by atoms with Gasteiger partial charge in [0.05, 0.1) is 0 Å². The van der Waals surface area contributed by atoms with E-state index in [1.807, 2.05) is 0 Å². The summed E-state index contributed by atoms with van der Waals surface area (Å²) >= 11 is 0. The van der Waals surface area contributed by atoms with Crippen molar-refractivity contribution in [3.05, 3.63) is 0 Å². The van der Waals surface area contributed by atoms with Crippen LogP contribution in [0, 0.1) is 10.8 Å². The Labute approximate surface area is 90.5 Å². The van der Waals surface area contributed by atoms with Crippen LogP contribution in [0.25, 0.3) is 0 Å². The SMILES string of the molecule is CCCCCC(C)(C)C1(C)CCCC1. The van der Waals surface area contributed by atoms with Gasteiger partial charge in [-0.25, -0.2) is 0 Å². The van der Waals surface area contributed by atoms with Crippen LogP contribution in [0.5, 0.6) is 0 Å². The second-order valence-corrected chi connectivity index (χ2v) is 6.11.